The average molecular weight is 441 g/mol. The van der Waals surface area contributed by atoms with Crippen LogP contribution in [-0.2, 0) is 10.0 Å². The van der Waals surface area contributed by atoms with Crippen molar-refractivity contribution in [3.63, 3.8) is 0 Å². The van der Waals surface area contributed by atoms with E-state index in [1.807, 2.05) is 40.5 Å². The number of fused-ring (bicyclic) bond motifs is 1. The van der Waals surface area contributed by atoms with E-state index in [1.54, 1.807) is 6.20 Å². The molecule has 1 N–H and O–H groups in total. The molecule has 0 atom stereocenters. The fraction of sp³-hybridized carbons (Fsp3) is 0.190. The second kappa shape index (κ2) is 8.02. The van der Waals surface area contributed by atoms with Crippen molar-refractivity contribution in [1.29, 1.82) is 5.26 Å². The van der Waals surface area contributed by atoms with Crippen LogP contribution < -0.4 is 4.72 Å². The summed E-state index contributed by atoms with van der Waals surface area (Å²) in [6.07, 6.45) is 8.37. The van der Waals surface area contributed by atoms with Crippen LogP contribution in [0.4, 0.5) is 8.78 Å². The third kappa shape index (κ3) is 3.62. The predicted molar refractivity (Wildman–Crippen MR) is 112 cm³/mol. The van der Waals surface area contributed by atoms with Crippen LogP contribution in [0.25, 0.3) is 28.0 Å². The molecule has 0 saturated carbocycles. The van der Waals surface area contributed by atoms with Gasteiger partial charge in [-0.1, -0.05) is 6.08 Å². The molecule has 0 fully saturated rings. The number of halogens is 2. The molecule has 3 aromatic rings. The minimum atomic E-state index is -4.15. The fourth-order valence-corrected chi connectivity index (χ4v) is 4.45. The van der Waals surface area contributed by atoms with Crippen molar-refractivity contribution in [3.05, 3.63) is 60.1 Å². The quantitative estimate of drug-likeness (QED) is 0.607. The highest BCUT2D eigenvalue weighted by Crippen LogP contribution is 2.36. The lowest BCUT2D eigenvalue weighted by atomic mass is 10.1. The Morgan fingerprint density at radius 3 is 2.52 bits per heavy atom. The maximum absolute atomic E-state index is 12.7. The van der Waals surface area contributed by atoms with Gasteiger partial charge in [0.05, 0.1) is 28.5 Å². The summed E-state index contributed by atoms with van der Waals surface area (Å²) in [6.45, 7) is -0.480. The second-order valence-electron chi connectivity index (χ2n) is 6.97. The number of aryl methyl sites for hydroxylation is 1. The van der Waals surface area contributed by atoms with Gasteiger partial charge in [-0.25, -0.2) is 21.9 Å². The molecule has 1 aliphatic carbocycles. The lowest BCUT2D eigenvalue weighted by molar-refractivity contribution is 0.334. The molecule has 3 heterocycles. The molecule has 0 unspecified atom stereocenters. The number of nitriles is 1. The van der Waals surface area contributed by atoms with Crippen molar-refractivity contribution < 1.29 is 17.2 Å². The Morgan fingerprint density at radius 1 is 1.23 bits per heavy atom. The van der Waals surface area contributed by atoms with Crippen LogP contribution >= 0.6 is 0 Å². The molecule has 0 bridgehead atoms. The van der Waals surface area contributed by atoms with E-state index in [9.17, 15) is 22.5 Å². The number of sulfonamides is 1. The molecule has 0 radical (unpaired) electrons. The summed E-state index contributed by atoms with van der Waals surface area (Å²) in [4.78, 5) is 8.31. The van der Waals surface area contributed by atoms with Crippen LogP contribution in [-0.4, -0.2) is 42.3 Å². The molecular weight excluding hydrogens is 424 g/mol. The fourth-order valence-electron chi connectivity index (χ4n) is 3.31. The predicted octanol–water partition coefficient (Wildman–Crippen LogP) is 3.28. The molecule has 1 aliphatic rings. The first-order chi connectivity index (χ1) is 14.9. The molecule has 0 aromatic carbocycles. The van der Waals surface area contributed by atoms with Crippen LogP contribution in [0.3, 0.4) is 0 Å². The maximum atomic E-state index is 12.7. The van der Waals surface area contributed by atoms with E-state index in [-0.39, 0.29) is 4.90 Å². The highest BCUT2D eigenvalue weighted by molar-refractivity contribution is 7.89. The zero-order valence-electron chi connectivity index (χ0n) is 16.4. The highest BCUT2D eigenvalue weighted by atomic mass is 32.2. The second-order valence-corrected chi connectivity index (χ2v) is 8.68. The Morgan fingerprint density at radius 2 is 1.97 bits per heavy atom. The minimum absolute atomic E-state index is 0.232. The Labute approximate surface area is 177 Å². The molecule has 0 amide bonds. The Balaban J connectivity index is 1.84. The van der Waals surface area contributed by atoms with Gasteiger partial charge in [-0.05, 0) is 37.3 Å². The molecule has 3 aromatic heterocycles. The van der Waals surface area contributed by atoms with Gasteiger partial charge >= 0.3 is 0 Å². The number of aromatic nitrogens is 3. The minimum Gasteiger partial charge on any atom is -0.306 e. The van der Waals surface area contributed by atoms with Crippen LogP contribution in [0, 0.1) is 18.3 Å². The van der Waals surface area contributed by atoms with E-state index >= 15 is 0 Å². The number of nitrogens with one attached hydrogen (secondary N) is 1. The lowest BCUT2D eigenvalue weighted by Gasteiger charge is -2.16. The van der Waals surface area contributed by atoms with E-state index in [0.29, 0.717) is 22.3 Å². The number of hydrogen-bond acceptors (Lipinski definition) is 5. The van der Waals surface area contributed by atoms with Gasteiger partial charge in [0.15, 0.2) is 0 Å². The van der Waals surface area contributed by atoms with Gasteiger partial charge in [0, 0.05) is 29.2 Å². The summed E-state index contributed by atoms with van der Waals surface area (Å²) in [7, 11) is -4.15. The summed E-state index contributed by atoms with van der Waals surface area (Å²) in [5.74, 6) is 0. The van der Waals surface area contributed by atoms with E-state index in [4.69, 9.17) is 0 Å². The molecule has 31 heavy (non-hydrogen) atoms. The van der Waals surface area contributed by atoms with E-state index in [1.165, 1.54) is 12.1 Å². The highest BCUT2D eigenvalue weighted by Gasteiger charge is 2.24. The van der Waals surface area contributed by atoms with Crippen molar-refractivity contribution in [3.8, 4) is 17.5 Å². The van der Waals surface area contributed by atoms with Gasteiger partial charge in [-0.15, -0.1) is 0 Å². The topological polar surface area (TPSA) is 101 Å². The molecule has 10 heteroatoms. The van der Waals surface area contributed by atoms with E-state index in [0.717, 1.165) is 23.1 Å². The lowest BCUT2D eigenvalue weighted by Crippen LogP contribution is -2.37. The van der Waals surface area contributed by atoms with Crippen molar-refractivity contribution in [2.75, 3.05) is 13.3 Å². The monoisotopic (exact) mass is 441 g/mol. The Hall–Kier alpha value is -3.42. The summed E-state index contributed by atoms with van der Waals surface area (Å²) >= 11 is 0. The molecule has 0 aliphatic heterocycles. The molecular formula is C21H17F2N5O2S. The first kappa shape index (κ1) is 20.8. The Kier molecular flexibility index (Phi) is 5.39. The average Bonchev–Trinajstić information content (AvgIpc) is 3.04. The van der Waals surface area contributed by atoms with Crippen LogP contribution in [0.5, 0.6) is 0 Å². The van der Waals surface area contributed by atoms with Crippen molar-refractivity contribution in [2.45, 2.75) is 17.9 Å². The zero-order valence-corrected chi connectivity index (χ0v) is 17.2. The number of pyridine rings is 2. The van der Waals surface area contributed by atoms with E-state index < -0.39 is 29.4 Å². The van der Waals surface area contributed by atoms with Crippen molar-refractivity contribution in [2.24, 2.45) is 0 Å². The molecule has 158 valence electrons. The molecule has 4 rings (SSSR count). The van der Waals surface area contributed by atoms with Crippen LogP contribution in [0.15, 0.2) is 53.7 Å². The Bertz CT molecular complexity index is 1370. The molecule has 0 saturated heterocycles. The summed E-state index contributed by atoms with van der Waals surface area (Å²) in [5.41, 5.74) is 3.65. The summed E-state index contributed by atoms with van der Waals surface area (Å²) in [5, 5.41) is 10.5. The summed E-state index contributed by atoms with van der Waals surface area (Å²) < 4.78 is 54.0. The van der Waals surface area contributed by atoms with Gasteiger partial charge in [-0.3, -0.25) is 9.97 Å². The van der Waals surface area contributed by atoms with Crippen LogP contribution in [0.1, 0.15) is 11.3 Å². The van der Waals surface area contributed by atoms with Gasteiger partial charge in [0.2, 0.25) is 10.0 Å². The molecule has 7 nitrogen and oxygen atoms in total. The third-order valence-corrected chi connectivity index (χ3v) is 6.38. The summed E-state index contributed by atoms with van der Waals surface area (Å²) in [6, 6.07) is 5.36. The van der Waals surface area contributed by atoms with Crippen LogP contribution in [0.2, 0.25) is 0 Å². The van der Waals surface area contributed by atoms with Gasteiger partial charge in [0.25, 0.3) is 0 Å². The largest absolute Gasteiger partial charge is 0.306 e. The number of nitrogens with zero attached hydrogens (tertiary/aromatic N) is 4. The van der Waals surface area contributed by atoms with Gasteiger partial charge < -0.3 is 4.57 Å². The normalized spacial score (nSPS) is 13.3. The maximum Gasteiger partial charge on any atom is 0.242 e. The van der Waals surface area contributed by atoms with Gasteiger partial charge in [0.1, 0.15) is 24.3 Å². The van der Waals surface area contributed by atoms with E-state index in [2.05, 4.69) is 16.0 Å². The third-order valence-electron chi connectivity index (χ3n) is 4.88. The SMILES string of the molecule is Cc1cc2c(cn1)c(C#N)c(-c1ccc(S(=O)(=O)NC(CF)CF)cn1)n2C1=CC=C1. The first-order valence-corrected chi connectivity index (χ1v) is 10.8. The number of alkyl halides is 2. The smallest absolute Gasteiger partial charge is 0.242 e. The van der Waals surface area contributed by atoms with Crippen molar-refractivity contribution in [1.82, 2.24) is 19.3 Å². The number of allylic oxidation sites excluding steroid dienone is 4. The van der Waals surface area contributed by atoms with Crippen molar-refractivity contribution >= 4 is 26.6 Å². The number of hydrogen-bond donors (Lipinski definition) is 1. The zero-order chi connectivity index (χ0) is 22.2. The molecule has 0 spiro atoms. The standard InChI is InChI=1S/C21H17F2N5O2S/c1-13-7-20-18(12-25-13)17(10-24)21(28(20)15-3-2-4-15)19-6-5-16(11-26-19)31(29,30)27-14(8-22)9-23/h2-7,11-12,14,27H,8-9H2,1H3. The first-order valence-electron chi connectivity index (χ1n) is 9.30. The van der Waals surface area contributed by atoms with Gasteiger partial charge in [-0.2, -0.15) is 5.26 Å². The number of rotatable bonds is 7.